The predicted molar refractivity (Wildman–Crippen MR) is 73.2 cm³/mol. The van der Waals surface area contributed by atoms with Crippen molar-refractivity contribution in [3.63, 3.8) is 0 Å². The van der Waals surface area contributed by atoms with Crippen LogP contribution >= 0.6 is 0 Å². The molecule has 0 aromatic heterocycles. The Labute approximate surface area is 109 Å². The second-order valence-corrected chi connectivity index (χ2v) is 5.15. The van der Waals surface area contributed by atoms with E-state index in [0.717, 1.165) is 25.1 Å². The fourth-order valence-electron chi connectivity index (χ4n) is 2.49. The third kappa shape index (κ3) is 3.72. The lowest BCUT2D eigenvalue weighted by atomic mass is 10.1. The van der Waals surface area contributed by atoms with Crippen LogP contribution in [0.15, 0.2) is 18.2 Å². The molecule has 0 spiro atoms. The van der Waals surface area contributed by atoms with E-state index in [2.05, 4.69) is 37.4 Å². The van der Waals surface area contributed by atoms with Gasteiger partial charge in [-0.1, -0.05) is 6.07 Å². The predicted octanol–water partition coefficient (Wildman–Crippen LogP) is 2.45. The summed E-state index contributed by atoms with van der Waals surface area (Å²) in [5.74, 6) is 0.952. The second kappa shape index (κ2) is 6.21. The molecule has 100 valence electrons. The molecule has 0 bridgehead atoms. The summed E-state index contributed by atoms with van der Waals surface area (Å²) < 4.78 is 11.7. The quantitative estimate of drug-likeness (QED) is 0.869. The van der Waals surface area contributed by atoms with Crippen LogP contribution in [0.25, 0.3) is 0 Å². The average Bonchev–Trinajstić information content (AvgIpc) is 2.74. The molecule has 3 heteroatoms. The first-order chi connectivity index (χ1) is 8.67. The molecule has 1 heterocycles. The van der Waals surface area contributed by atoms with E-state index in [1.807, 2.05) is 7.05 Å². The first-order valence-corrected chi connectivity index (χ1v) is 6.68. The van der Waals surface area contributed by atoms with Gasteiger partial charge in [-0.3, -0.25) is 0 Å². The van der Waals surface area contributed by atoms with E-state index in [1.165, 1.54) is 11.1 Å². The normalized spacial score (nSPS) is 23.3. The van der Waals surface area contributed by atoms with Crippen molar-refractivity contribution < 1.29 is 9.47 Å². The average molecular weight is 249 g/mol. The SMILES string of the molecule is CNCC1CCC(COc2cc(C)cc(C)c2)O1. The highest BCUT2D eigenvalue weighted by Crippen LogP contribution is 2.21. The van der Waals surface area contributed by atoms with Gasteiger partial charge in [0.25, 0.3) is 0 Å². The molecule has 1 N–H and O–H groups in total. The van der Waals surface area contributed by atoms with E-state index in [1.54, 1.807) is 0 Å². The summed E-state index contributed by atoms with van der Waals surface area (Å²) in [6.45, 7) is 5.77. The van der Waals surface area contributed by atoms with Crippen molar-refractivity contribution in [3.8, 4) is 5.75 Å². The maximum atomic E-state index is 5.90. The molecular formula is C15H23NO2. The number of nitrogens with one attached hydrogen (secondary N) is 1. The smallest absolute Gasteiger partial charge is 0.119 e. The number of hydrogen-bond donors (Lipinski definition) is 1. The minimum Gasteiger partial charge on any atom is -0.491 e. The molecule has 0 radical (unpaired) electrons. The fraction of sp³-hybridized carbons (Fsp3) is 0.600. The molecule has 1 aromatic rings. The van der Waals surface area contributed by atoms with Crippen LogP contribution in [0.4, 0.5) is 0 Å². The van der Waals surface area contributed by atoms with E-state index < -0.39 is 0 Å². The van der Waals surface area contributed by atoms with Crippen LogP contribution in [0.5, 0.6) is 5.75 Å². The van der Waals surface area contributed by atoms with Crippen LogP contribution in [-0.2, 0) is 4.74 Å². The van der Waals surface area contributed by atoms with Gasteiger partial charge in [0.05, 0.1) is 12.2 Å². The standard InChI is InChI=1S/C15H23NO2/c1-11-6-12(2)8-15(7-11)17-10-14-5-4-13(18-14)9-16-3/h6-8,13-14,16H,4-5,9-10H2,1-3H3. The summed E-state index contributed by atoms with van der Waals surface area (Å²) in [5.41, 5.74) is 2.48. The first-order valence-electron chi connectivity index (χ1n) is 6.68. The molecule has 18 heavy (non-hydrogen) atoms. The van der Waals surface area contributed by atoms with Gasteiger partial charge in [0.15, 0.2) is 0 Å². The maximum Gasteiger partial charge on any atom is 0.119 e. The van der Waals surface area contributed by atoms with E-state index in [9.17, 15) is 0 Å². The van der Waals surface area contributed by atoms with Gasteiger partial charge >= 0.3 is 0 Å². The lowest BCUT2D eigenvalue weighted by Gasteiger charge is -2.15. The van der Waals surface area contributed by atoms with Gasteiger partial charge in [0.1, 0.15) is 12.4 Å². The van der Waals surface area contributed by atoms with Crippen LogP contribution in [0.2, 0.25) is 0 Å². The number of rotatable bonds is 5. The first kappa shape index (κ1) is 13.4. The summed E-state index contributed by atoms with van der Waals surface area (Å²) in [6.07, 6.45) is 2.81. The Bertz CT molecular complexity index is 372. The molecule has 1 saturated heterocycles. The van der Waals surface area contributed by atoms with Gasteiger partial charge < -0.3 is 14.8 Å². The van der Waals surface area contributed by atoms with Gasteiger partial charge in [-0.05, 0) is 57.0 Å². The van der Waals surface area contributed by atoms with Crippen LogP contribution in [0.1, 0.15) is 24.0 Å². The van der Waals surface area contributed by atoms with Crippen LogP contribution in [-0.4, -0.2) is 32.4 Å². The maximum absolute atomic E-state index is 5.90. The molecular weight excluding hydrogens is 226 g/mol. The van der Waals surface area contributed by atoms with Crippen molar-refractivity contribution in [2.24, 2.45) is 0 Å². The van der Waals surface area contributed by atoms with Crippen molar-refractivity contribution in [2.45, 2.75) is 38.9 Å². The van der Waals surface area contributed by atoms with Crippen molar-refractivity contribution >= 4 is 0 Å². The highest BCUT2D eigenvalue weighted by molar-refractivity contribution is 5.32. The highest BCUT2D eigenvalue weighted by atomic mass is 16.5. The lowest BCUT2D eigenvalue weighted by Crippen LogP contribution is -2.25. The molecule has 3 nitrogen and oxygen atoms in total. The van der Waals surface area contributed by atoms with Gasteiger partial charge in [-0.25, -0.2) is 0 Å². The second-order valence-electron chi connectivity index (χ2n) is 5.15. The molecule has 0 aliphatic carbocycles. The molecule has 2 atom stereocenters. The summed E-state index contributed by atoms with van der Waals surface area (Å²) >= 11 is 0. The van der Waals surface area contributed by atoms with E-state index in [0.29, 0.717) is 12.7 Å². The number of hydrogen-bond acceptors (Lipinski definition) is 3. The highest BCUT2D eigenvalue weighted by Gasteiger charge is 2.25. The van der Waals surface area contributed by atoms with E-state index in [4.69, 9.17) is 9.47 Å². The number of likely N-dealkylation sites (N-methyl/N-ethyl adjacent to an activating group) is 1. The Kier molecular flexibility index (Phi) is 4.61. The third-order valence-corrected chi connectivity index (χ3v) is 3.26. The van der Waals surface area contributed by atoms with Gasteiger partial charge in [-0.2, -0.15) is 0 Å². The zero-order valence-corrected chi connectivity index (χ0v) is 11.5. The minimum atomic E-state index is 0.240. The van der Waals surface area contributed by atoms with Crippen molar-refractivity contribution in [1.82, 2.24) is 5.32 Å². The third-order valence-electron chi connectivity index (χ3n) is 3.26. The van der Waals surface area contributed by atoms with Crippen LogP contribution < -0.4 is 10.1 Å². The van der Waals surface area contributed by atoms with E-state index >= 15 is 0 Å². The Hall–Kier alpha value is -1.06. The zero-order chi connectivity index (χ0) is 13.0. The summed E-state index contributed by atoms with van der Waals surface area (Å²) in [7, 11) is 1.96. The van der Waals surface area contributed by atoms with Crippen LogP contribution in [0, 0.1) is 13.8 Å². The Morgan fingerprint density at radius 2 is 1.83 bits per heavy atom. The minimum absolute atomic E-state index is 0.240. The van der Waals surface area contributed by atoms with Gasteiger partial charge in [0, 0.05) is 6.54 Å². The molecule has 1 fully saturated rings. The topological polar surface area (TPSA) is 30.5 Å². The van der Waals surface area contributed by atoms with Crippen molar-refractivity contribution in [2.75, 3.05) is 20.2 Å². The number of aryl methyl sites for hydroxylation is 2. The van der Waals surface area contributed by atoms with Crippen molar-refractivity contribution in [3.05, 3.63) is 29.3 Å². The Morgan fingerprint density at radius 1 is 1.17 bits per heavy atom. The monoisotopic (exact) mass is 249 g/mol. The summed E-state index contributed by atoms with van der Waals surface area (Å²) in [6, 6.07) is 6.31. The molecule has 1 aliphatic heterocycles. The largest absolute Gasteiger partial charge is 0.491 e. The van der Waals surface area contributed by atoms with Crippen LogP contribution in [0.3, 0.4) is 0 Å². The number of benzene rings is 1. The lowest BCUT2D eigenvalue weighted by molar-refractivity contribution is 0.0193. The fourth-order valence-corrected chi connectivity index (χ4v) is 2.49. The molecule has 1 aliphatic rings. The van der Waals surface area contributed by atoms with Crippen molar-refractivity contribution in [1.29, 1.82) is 0 Å². The molecule has 0 amide bonds. The number of ether oxygens (including phenoxy) is 2. The molecule has 1 aromatic carbocycles. The van der Waals surface area contributed by atoms with E-state index in [-0.39, 0.29) is 6.10 Å². The summed E-state index contributed by atoms with van der Waals surface area (Å²) in [4.78, 5) is 0. The molecule has 0 saturated carbocycles. The summed E-state index contributed by atoms with van der Waals surface area (Å²) in [5, 5.41) is 3.15. The molecule has 2 unspecified atom stereocenters. The molecule has 2 rings (SSSR count). The van der Waals surface area contributed by atoms with Gasteiger partial charge in [0.2, 0.25) is 0 Å². The van der Waals surface area contributed by atoms with Gasteiger partial charge in [-0.15, -0.1) is 0 Å². The Morgan fingerprint density at radius 3 is 2.50 bits per heavy atom. The zero-order valence-electron chi connectivity index (χ0n) is 11.5. The Balaban J connectivity index is 1.81.